The molecule has 0 spiro atoms. The first kappa shape index (κ1) is 24.2. The molecule has 2 aromatic rings. The van der Waals surface area contributed by atoms with E-state index in [-0.39, 0.29) is 31.4 Å². The Morgan fingerprint density at radius 2 is 1.62 bits per heavy atom. The number of hydrogen-bond donors (Lipinski definition) is 0. The Hall–Kier alpha value is -2.91. The molecule has 3 atom stereocenters. The first-order valence-corrected chi connectivity index (χ1v) is 14.7. The molecule has 0 aromatic heterocycles. The number of esters is 1. The molecular formula is C25H32O8Si. The summed E-state index contributed by atoms with van der Waals surface area (Å²) in [5.74, 6) is 2.21. The molecule has 4 rings (SSSR count). The third-order valence-electron chi connectivity index (χ3n) is 6.01. The van der Waals surface area contributed by atoms with Crippen molar-refractivity contribution in [3.05, 3.63) is 41.5 Å². The zero-order valence-corrected chi connectivity index (χ0v) is 21.5. The van der Waals surface area contributed by atoms with Crippen molar-refractivity contribution >= 4 is 14.3 Å². The lowest BCUT2D eigenvalue weighted by Gasteiger charge is -2.32. The minimum atomic E-state index is -1.98. The highest BCUT2D eigenvalue weighted by molar-refractivity contribution is 6.69. The van der Waals surface area contributed by atoms with E-state index in [9.17, 15) is 4.79 Å². The Labute approximate surface area is 201 Å². The number of hydrogen-bond acceptors (Lipinski definition) is 8. The quantitative estimate of drug-likeness (QED) is 0.380. The molecule has 0 N–H and O–H groups in total. The molecule has 2 aliphatic heterocycles. The molecule has 1 fully saturated rings. The highest BCUT2D eigenvalue weighted by atomic mass is 28.4. The molecule has 1 saturated heterocycles. The van der Waals surface area contributed by atoms with Crippen LogP contribution in [-0.2, 0) is 20.4 Å². The van der Waals surface area contributed by atoms with Gasteiger partial charge in [-0.1, -0.05) is 6.07 Å². The molecular weight excluding hydrogens is 456 g/mol. The van der Waals surface area contributed by atoms with Crippen LogP contribution in [0.1, 0.15) is 17.2 Å². The topological polar surface area (TPSA) is 81.7 Å². The third kappa shape index (κ3) is 4.95. The predicted molar refractivity (Wildman–Crippen MR) is 127 cm³/mol. The van der Waals surface area contributed by atoms with Crippen molar-refractivity contribution in [2.24, 2.45) is 11.8 Å². The SMILES string of the molecule is COc1cc(C[C@@H]2C(=O)OC[C@H]2[C@@H](O[Si](C)(C)C)c2ccc3c(c2)OCO3)cc(OC)c1OC. The number of benzene rings is 2. The van der Waals surface area contributed by atoms with Gasteiger partial charge in [-0.25, -0.2) is 0 Å². The molecule has 0 aliphatic carbocycles. The summed E-state index contributed by atoms with van der Waals surface area (Å²) in [5.41, 5.74) is 1.84. The van der Waals surface area contributed by atoms with Crippen LogP contribution in [0.25, 0.3) is 0 Å². The maximum atomic E-state index is 12.9. The smallest absolute Gasteiger partial charge is 0.309 e. The highest BCUT2D eigenvalue weighted by Gasteiger charge is 2.44. The van der Waals surface area contributed by atoms with Crippen molar-refractivity contribution < 1.29 is 37.6 Å². The van der Waals surface area contributed by atoms with E-state index in [0.29, 0.717) is 35.2 Å². The molecule has 0 bridgehead atoms. The standard InChI is InChI=1S/C25H32O8Si/c1-27-21-10-15(11-22(28-2)24(21)29-3)9-17-18(13-30-25(17)26)23(33-34(4,5)6)16-7-8-19-20(12-16)32-14-31-19/h7-8,10-12,17-18,23H,9,13-14H2,1-6H3/t17-,18+,23-/m0/s1. The predicted octanol–water partition coefficient (Wildman–Crippen LogP) is 4.37. The molecule has 0 amide bonds. The van der Waals surface area contributed by atoms with Gasteiger partial charge in [0.05, 0.1) is 40.0 Å². The van der Waals surface area contributed by atoms with Crippen LogP contribution in [-0.4, -0.2) is 49.0 Å². The Bertz CT molecular complexity index is 1020. The summed E-state index contributed by atoms with van der Waals surface area (Å²) in [5, 5.41) is 0. The van der Waals surface area contributed by atoms with Crippen LogP contribution in [0.2, 0.25) is 19.6 Å². The summed E-state index contributed by atoms with van der Waals surface area (Å²) >= 11 is 0. The Kier molecular flexibility index (Phi) is 6.95. The van der Waals surface area contributed by atoms with Crippen molar-refractivity contribution in [1.29, 1.82) is 0 Å². The maximum absolute atomic E-state index is 12.9. The Morgan fingerprint density at radius 3 is 2.24 bits per heavy atom. The average molecular weight is 489 g/mol. The number of rotatable bonds is 9. The van der Waals surface area contributed by atoms with E-state index < -0.39 is 14.2 Å². The maximum Gasteiger partial charge on any atom is 0.309 e. The van der Waals surface area contributed by atoms with Gasteiger partial charge in [-0.3, -0.25) is 4.79 Å². The number of fused-ring (bicyclic) bond motifs is 1. The number of ether oxygens (including phenoxy) is 6. The first-order chi connectivity index (χ1) is 16.2. The lowest BCUT2D eigenvalue weighted by Crippen LogP contribution is -2.34. The normalized spacial score (nSPS) is 20.1. The Balaban J connectivity index is 1.68. The van der Waals surface area contributed by atoms with Crippen LogP contribution >= 0.6 is 0 Å². The van der Waals surface area contributed by atoms with Gasteiger partial charge < -0.3 is 32.8 Å². The molecule has 0 unspecified atom stereocenters. The zero-order valence-electron chi connectivity index (χ0n) is 20.5. The minimum Gasteiger partial charge on any atom is -0.493 e. The second-order valence-electron chi connectivity index (χ2n) is 9.40. The molecule has 2 aliphatic rings. The van der Waals surface area contributed by atoms with E-state index in [1.807, 2.05) is 30.3 Å². The number of carbonyl (C=O) groups excluding carboxylic acids is 1. The molecule has 2 aromatic carbocycles. The molecule has 2 heterocycles. The van der Waals surface area contributed by atoms with Gasteiger partial charge in [-0.05, 0) is 61.5 Å². The molecule has 34 heavy (non-hydrogen) atoms. The second-order valence-corrected chi connectivity index (χ2v) is 13.9. The van der Waals surface area contributed by atoms with E-state index in [1.54, 1.807) is 21.3 Å². The van der Waals surface area contributed by atoms with Crippen molar-refractivity contribution in [3.63, 3.8) is 0 Å². The summed E-state index contributed by atoms with van der Waals surface area (Å²) in [7, 11) is 2.74. The van der Waals surface area contributed by atoms with Gasteiger partial charge in [0.1, 0.15) is 0 Å². The van der Waals surface area contributed by atoms with Gasteiger partial charge in [-0.15, -0.1) is 0 Å². The number of methoxy groups -OCH3 is 3. The third-order valence-corrected chi connectivity index (χ3v) is 6.97. The fourth-order valence-electron chi connectivity index (χ4n) is 4.49. The summed E-state index contributed by atoms with van der Waals surface area (Å²) in [6, 6.07) is 9.58. The highest BCUT2D eigenvalue weighted by Crippen LogP contribution is 2.44. The van der Waals surface area contributed by atoms with E-state index in [1.165, 1.54) is 0 Å². The van der Waals surface area contributed by atoms with Crippen LogP contribution in [0.5, 0.6) is 28.7 Å². The van der Waals surface area contributed by atoms with Crippen LogP contribution in [0, 0.1) is 11.8 Å². The lowest BCUT2D eigenvalue weighted by atomic mass is 9.83. The van der Waals surface area contributed by atoms with Gasteiger partial charge in [-0.2, -0.15) is 0 Å². The van der Waals surface area contributed by atoms with Crippen molar-refractivity contribution in [1.82, 2.24) is 0 Å². The number of carbonyl (C=O) groups is 1. The zero-order chi connectivity index (χ0) is 24.5. The van der Waals surface area contributed by atoms with Crippen molar-refractivity contribution in [2.45, 2.75) is 32.2 Å². The van der Waals surface area contributed by atoms with E-state index in [2.05, 4.69) is 19.6 Å². The fourth-order valence-corrected chi connectivity index (χ4v) is 5.56. The van der Waals surface area contributed by atoms with E-state index >= 15 is 0 Å². The van der Waals surface area contributed by atoms with Crippen LogP contribution in [0.4, 0.5) is 0 Å². The van der Waals surface area contributed by atoms with Crippen LogP contribution in [0.3, 0.4) is 0 Å². The van der Waals surface area contributed by atoms with Gasteiger partial charge in [0.15, 0.2) is 31.3 Å². The Morgan fingerprint density at radius 1 is 0.941 bits per heavy atom. The van der Waals surface area contributed by atoms with Crippen molar-refractivity contribution in [3.8, 4) is 28.7 Å². The van der Waals surface area contributed by atoms with Crippen LogP contribution in [0.15, 0.2) is 30.3 Å². The summed E-state index contributed by atoms with van der Waals surface area (Å²) < 4.78 is 39.7. The first-order valence-electron chi connectivity index (χ1n) is 11.3. The van der Waals surface area contributed by atoms with Gasteiger partial charge >= 0.3 is 5.97 Å². The fraction of sp³-hybridized carbons (Fsp3) is 0.480. The number of cyclic esters (lactones) is 1. The second kappa shape index (κ2) is 9.75. The minimum absolute atomic E-state index is 0.168. The molecule has 8 nitrogen and oxygen atoms in total. The van der Waals surface area contributed by atoms with Crippen molar-refractivity contribution in [2.75, 3.05) is 34.7 Å². The molecule has 184 valence electrons. The van der Waals surface area contributed by atoms with Gasteiger partial charge in [0.25, 0.3) is 0 Å². The summed E-state index contributed by atoms with van der Waals surface area (Å²) in [4.78, 5) is 12.9. The van der Waals surface area contributed by atoms with E-state index in [0.717, 1.165) is 11.1 Å². The van der Waals surface area contributed by atoms with E-state index in [4.69, 9.17) is 32.8 Å². The molecule has 9 heteroatoms. The monoisotopic (exact) mass is 488 g/mol. The van der Waals surface area contributed by atoms with Gasteiger partial charge in [0, 0.05) is 5.92 Å². The lowest BCUT2D eigenvalue weighted by molar-refractivity contribution is -0.141. The largest absolute Gasteiger partial charge is 0.493 e. The summed E-state index contributed by atoms with van der Waals surface area (Å²) in [6.45, 7) is 6.90. The molecule has 0 radical (unpaired) electrons. The van der Waals surface area contributed by atoms with Gasteiger partial charge in [0.2, 0.25) is 12.5 Å². The summed E-state index contributed by atoms with van der Waals surface area (Å²) in [6.07, 6.45) is 0.135. The average Bonchev–Trinajstić information content (AvgIpc) is 3.42. The van der Waals surface area contributed by atoms with Crippen LogP contribution < -0.4 is 23.7 Å². The molecule has 0 saturated carbocycles.